The molecule has 1 unspecified atom stereocenters. The molecule has 3 rings (SSSR count). The molecule has 0 aliphatic carbocycles. The Bertz CT molecular complexity index is 646. The molecule has 2 N–H and O–H groups in total. The molecule has 0 saturated carbocycles. The maximum Gasteiger partial charge on any atom is 0.325 e. The number of likely N-dealkylation sites (N-methyl/N-ethyl adjacent to an activating group) is 1. The van der Waals surface area contributed by atoms with E-state index < -0.39 is 12.0 Å². The number of benzene rings is 1. The maximum atomic E-state index is 12.3. The van der Waals surface area contributed by atoms with Crippen LogP contribution in [0, 0.1) is 0 Å². The van der Waals surface area contributed by atoms with E-state index in [1.54, 1.807) is 29.2 Å². The fraction of sp³-hybridized carbons (Fsp3) is 0.579. The zero-order chi connectivity index (χ0) is 19.2. The number of carboxylic acids is 1. The van der Waals surface area contributed by atoms with Gasteiger partial charge in [0.25, 0.3) is 0 Å². The number of carboxylic acid groups (broad SMARTS) is 1. The number of carbonyl (C=O) groups is 2. The van der Waals surface area contributed by atoms with Crippen LogP contribution in [0.15, 0.2) is 24.3 Å². The van der Waals surface area contributed by atoms with Crippen LogP contribution in [-0.2, 0) is 9.53 Å². The number of amides is 2. The standard InChI is InChI=1S/C19H28N4O4/c1-21-7-2-8-22(10-9-21)17(18(24)25)15-3-5-16(6-4-15)20-19(26)23-11-13-27-14-12-23/h3-6,17H,2,7-14H2,1H3,(H,20,26)(H,24,25). The molecular formula is C19H28N4O4. The van der Waals surface area contributed by atoms with E-state index in [2.05, 4.69) is 17.3 Å². The summed E-state index contributed by atoms with van der Waals surface area (Å²) in [7, 11) is 2.06. The zero-order valence-corrected chi connectivity index (χ0v) is 15.8. The summed E-state index contributed by atoms with van der Waals surface area (Å²) in [6, 6.07) is 6.31. The molecule has 2 aliphatic heterocycles. The normalized spacial score (nSPS) is 20.7. The van der Waals surface area contributed by atoms with Crippen LogP contribution >= 0.6 is 0 Å². The van der Waals surface area contributed by atoms with Crippen molar-refractivity contribution in [1.29, 1.82) is 0 Å². The molecule has 2 saturated heterocycles. The van der Waals surface area contributed by atoms with Crippen LogP contribution in [-0.4, -0.2) is 91.3 Å². The first-order chi connectivity index (χ1) is 13.0. The van der Waals surface area contributed by atoms with E-state index in [0.717, 1.165) is 38.2 Å². The number of nitrogens with one attached hydrogen (secondary N) is 1. The fourth-order valence-corrected chi connectivity index (χ4v) is 3.55. The number of nitrogens with zero attached hydrogens (tertiary/aromatic N) is 3. The van der Waals surface area contributed by atoms with Crippen molar-refractivity contribution in [3.8, 4) is 0 Å². The van der Waals surface area contributed by atoms with E-state index in [1.165, 1.54) is 0 Å². The van der Waals surface area contributed by atoms with Gasteiger partial charge in [0.05, 0.1) is 13.2 Å². The van der Waals surface area contributed by atoms with Crippen LogP contribution in [0.4, 0.5) is 10.5 Å². The number of rotatable bonds is 4. The highest BCUT2D eigenvalue weighted by atomic mass is 16.5. The number of ether oxygens (including phenoxy) is 1. The fourth-order valence-electron chi connectivity index (χ4n) is 3.55. The molecule has 0 bridgehead atoms. The van der Waals surface area contributed by atoms with Crippen LogP contribution in [0.2, 0.25) is 0 Å². The number of morpholine rings is 1. The number of aliphatic carboxylic acids is 1. The first kappa shape index (κ1) is 19.6. The maximum absolute atomic E-state index is 12.3. The molecular weight excluding hydrogens is 348 g/mol. The van der Waals surface area contributed by atoms with Crippen molar-refractivity contribution in [1.82, 2.24) is 14.7 Å². The predicted octanol–water partition coefficient (Wildman–Crippen LogP) is 1.31. The minimum atomic E-state index is -0.843. The van der Waals surface area contributed by atoms with E-state index in [1.807, 2.05) is 4.90 Å². The lowest BCUT2D eigenvalue weighted by atomic mass is 10.0. The molecule has 148 valence electrons. The summed E-state index contributed by atoms with van der Waals surface area (Å²) in [4.78, 5) is 30.1. The first-order valence-electron chi connectivity index (χ1n) is 9.43. The van der Waals surface area contributed by atoms with Crippen LogP contribution in [0.1, 0.15) is 18.0 Å². The van der Waals surface area contributed by atoms with Crippen molar-refractivity contribution in [2.75, 3.05) is 64.8 Å². The molecule has 8 heteroatoms. The monoisotopic (exact) mass is 376 g/mol. The Morgan fingerprint density at radius 2 is 1.74 bits per heavy atom. The summed E-state index contributed by atoms with van der Waals surface area (Å²) in [5.74, 6) is -0.843. The summed E-state index contributed by atoms with van der Waals surface area (Å²) in [5, 5.41) is 12.6. The molecule has 2 fully saturated rings. The highest BCUT2D eigenvalue weighted by Gasteiger charge is 2.28. The van der Waals surface area contributed by atoms with Gasteiger partial charge in [-0.1, -0.05) is 12.1 Å². The second-order valence-corrected chi connectivity index (χ2v) is 7.09. The third-order valence-electron chi connectivity index (χ3n) is 5.13. The minimum Gasteiger partial charge on any atom is -0.480 e. The molecule has 27 heavy (non-hydrogen) atoms. The first-order valence-corrected chi connectivity index (χ1v) is 9.43. The van der Waals surface area contributed by atoms with Gasteiger partial charge in [-0.2, -0.15) is 0 Å². The molecule has 1 aromatic rings. The van der Waals surface area contributed by atoms with Crippen molar-refractivity contribution < 1.29 is 19.4 Å². The molecule has 2 aliphatic rings. The molecule has 0 radical (unpaired) electrons. The second kappa shape index (κ2) is 9.16. The van der Waals surface area contributed by atoms with Gasteiger partial charge >= 0.3 is 12.0 Å². The van der Waals surface area contributed by atoms with Gasteiger partial charge in [-0.3, -0.25) is 9.69 Å². The van der Waals surface area contributed by atoms with Crippen LogP contribution in [0.25, 0.3) is 0 Å². The van der Waals surface area contributed by atoms with Gasteiger partial charge in [-0.15, -0.1) is 0 Å². The Balaban J connectivity index is 1.66. The van der Waals surface area contributed by atoms with Gasteiger partial charge in [0.15, 0.2) is 0 Å². The van der Waals surface area contributed by atoms with Crippen molar-refractivity contribution in [3.63, 3.8) is 0 Å². The van der Waals surface area contributed by atoms with E-state index in [0.29, 0.717) is 32.0 Å². The van der Waals surface area contributed by atoms with E-state index in [9.17, 15) is 14.7 Å². The van der Waals surface area contributed by atoms with Gasteiger partial charge in [0.1, 0.15) is 6.04 Å². The summed E-state index contributed by atoms with van der Waals surface area (Å²) in [5.41, 5.74) is 1.39. The molecule has 0 spiro atoms. The smallest absolute Gasteiger partial charge is 0.325 e. The summed E-state index contributed by atoms with van der Waals surface area (Å²) >= 11 is 0. The number of hydrogen-bond donors (Lipinski definition) is 2. The quantitative estimate of drug-likeness (QED) is 0.824. The summed E-state index contributed by atoms with van der Waals surface area (Å²) in [6.07, 6.45) is 0.952. The molecule has 1 aromatic carbocycles. The molecule has 1 atom stereocenters. The Hall–Kier alpha value is -2.16. The third kappa shape index (κ3) is 5.18. The largest absolute Gasteiger partial charge is 0.480 e. The van der Waals surface area contributed by atoms with Gasteiger partial charge in [-0.05, 0) is 37.7 Å². The molecule has 8 nitrogen and oxygen atoms in total. The second-order valence-electron chi connectivity index (χ2n) is 7.09. The molecule has 0 aromatic heterocycles. The number of urea groups is 1. The zero-order valence-electron chi connectivity index (χ0n) is 15.8. The van der Waals surface area contributed by atoms with Crippen molar-refractivity contribution in [2.45, 2.75) is 12.5 Å². The third-order valence-corrected chi connectivity index (χ3v) is 5.13. The van der Waals surface area contributed by atoms with Crippen LogP contribution < -0.4 is 5.32 Å². The lowest BCUT2D eigenvalue weighted by molar-refractivity contribution is -0.143. The number of hydrogen-bond acceptors (Lipinski definition) is 5. The van der Waals surface area contributed by atoms with Gasteiger partial charge in [0, 0.05) is 38.4 Å². The molecule has 2 amide bonds. The SMILES string of the molecule is CN1CCCN(C(C(=O)O)c2ccc(NC(=O)N3CCOCC3)cc2)CC1. The topological polar surface area (TPSA) is 85.3 Å². The van der Waals surface area contributed by atoms with Gasteiger partial charge in [0.2, 0.25) is 0 Å². The molecule has 2 heterocycles. The van der Waals surface area contributed by atoms with Gasteiger partial charge in [-0.25, -0.2) is 4.79 Å². The van der Waals surface area contributed by atoms with Crippen molar-refractivity contribution in [3.05, 3.63) is 29.8 Å². The van der Waals surface area contributed by atoms with E-state index in [4.69, 9.17) is 4.74 Å². The lowest BCUT2D eigenvalue weighted by Crippen LogP contribution is -2.43. The highest BCUT2D eigenvalue weighted by Crippen LogP contribution is 2.24. The van der Waals surface area contributed by atoms with Crippen molar-refractivity contribution in [2.24, 2.45) is 0 Å². The predicted molar refractivity (Wildman–Crippen MR) is 102 cm³/mol. The summed E-state index contributed by atoms with van der Waals surface area (Å²) in [6.45, 7) is 5.59. The summed E-state index contributed by atoms with van der Waals surface area (Å²) < 4.78 is 5.25. The Kier molecular flexibility index (Phi) is 6.65. The number of carbonyl (C=O) groups excluding carboxylic acids is 1. The Morgan fingerprint density at radius 3 is 2.41 bits per heavy atom. The lowest BCUT2D eigenvalue weighted by Gasteiger charge is -2.28. The van der Waals surface area contributed by atoms with E-state index >= 15 is 0 Å². The van der Waals surface area contributed by atoms with E-state index in [-0.39, 0.29) is 6.03 Å². The number of anilines is 1. The highest BCUT2D eigenvalue weighted by molar-refractivity contribution is 5.89. The van der Waals surface area contributed by atoms with Crippen LogP contribution in [0.5, 0.6) is 0 Å². The minimum absolute atomic E-state index is 0.156. The average molecular weight is 376 g/mol. The van der Waals surface area contributed by atoms with Gasteiger partial charge < -0.3 is 25.0 Å². The van der Waals surface area contributed by atoms with Crippen molar-refractivity contribution >= 4 is 17.7 Å². The van der Waals surface area contributed by atoms with Crippen LogP contribution in [0.3, 0.4) is 0 Å². The Labute approximate surface area is 159 Å². The Morgan fingerprint density at radius 1 is 1.04 bits per heavy atom. The average Bonchev–Trinajstić information content (AvgIpc) is 2.88.